The molecular formula is C33H33ClF3N7O3S2. The number of alkyl halides is 3. The Morgan fingerprint density at radius 1 is 1.10 bits per heavy atom. The number of ether oxygens (including phenoxy) is 1. The zero-order valence-electron chi connectivity index (χ0n) is 27.3. The Balaban J connectivity index is 1.42. The van der Waals surface area contributed by atoms with E-state index in [2.05, 4.69) is 15.1 Å². The highest BCUT2D eigenvalue weighted by Crippen LogP contribution is 2.50. The molecule has 7 rings (SSSR count). The molecule has 1 aromatic carbocycles. The Morgan fingerprint density at radius 2 is 1.84 bits per heavy atom. The largest absolute Gasteiger partial charge is 0.444 e. The molecule has 1 fully saturated rings. The number of benzene rings is 1. The standard InChI is InChI=1S/C33H33ClF3N7O3S2/c1-17-12-41(13-18(2)43(17)31(46)47-32(3,4)5)29-22-10-23(33(35,36)37)25(24-9-20(34)15-48-24)27-26(22)42(30(45)40-29)14-21(16-49-27)44-28-19(11-39-44)7-6-8-38-28/h6-11,15,17-18,21H,12-14,16H2,1-5H3/t17-,18+,21-/m0/s1. The van der Waals surface area contributed by atoms with Crippen LogP contribution in [0.5, 0.6) is 0 Å². The number of carbonyl (C=O) groups excluding carboxylic acids is 1. The van der Waals surface area contributed by atoms with E-state index in [1.807, 2.05) is 19.9 Å². The Morgan fingerprint density at radius 3 is 2.49 bits per heavy atom. The fraction of sp³-hybridized carbons (Fsp3) is 0.424. The minimum absolute atomic E-state index is 0.0206. The number of carbonyl (C=O) groups is 1. The van der Waals surface area contributed by atoms with Gasteiger partial charge in [0, 0.05) is 56.5 Å². The molecule has 10 nitrogen and oxygen atoms in total. The quantitative estimate of drug-likeness (QED) is 0.186. The Bertz CT molecular complexity index is 2150. The van der Waals surface area contributed by atoms with E-state index in [1.54, 1.807) is 59.1 Å². The van der Waals surface area contributed by atoms with Crippen LogP contribution in [-0.2, 0) is 17.5 Å². The van der Waals surface area contributed by atoms with Gasteiger partial charge in [0.15, 0.2) is 5.65 Å². The molecule has 0 N–H and O–H groups in total. The molecule has 0 saturated carbocycles. The maximum Gasteiger partial charge on any atom is 0.417 e. The molecule has 5 aromatic rings. The molecule has 0 aliphatic carbocycles. The van der Waals surface area contributed by atoms with Crippen molar-refractivity contribution in [2.45, 2.75) is 76.0 Å². The van der Waals surface area contributed by atoms with Gasteiger partial charge in [0.25, 0.3) is 0 Å². The molecule has 3 atom stereocenters. The van der Waals surface area contributed by atoms with Crippen molar-refractivity contribution < 1.29 is 22.7 Å². The van der Waals surface area contributed by atoms with Crippen LogP contribution < -0.4 is 10.6 Å². The van der Waals surface area contributed by atoms with Crippen molar-refractivity contribution >= 4 is 68.5 Å². The molecule has 0 bridgehead atoms. The first-order valence-corrected chi connectivity index (χ1v) is 18.0. The first-order chi connectivity index (χ1) is 23.1. The number of anilines is 1. The molecule has 1 amide bonds. The summed E-state index contributed by atoms with van der Waals surface area (Å²) in [4.78, 5) is 40.3. The predicted octanol–water partition coefficient (Wildman–Crippen LogP) is 7.72. The number of halogens is 4. The molecule has 0 unspecified atom stereocenters. The zero-order valence-corrected chi connectivity index (χ0v) is 29.7. The summed E-state index contributed by atoms with van der Waals surface area (Å²) in [6, 6.07) is 5.12. The van der Waals surface area contributed by atoms with Gasteiger partial charge in [-0.2, -0.15) is 23.3 Å². The summed E-state index contributed by atoms with van der Waals surface area (Å²) in [6.07, 6.45) is -1.88. The van der Waals surface area contributed by atoms with Crippen LogP contribution in [0, 0.1) is 0 Å². The summed E-state index contributed by atoms with van der Waals surface area (Å²) in [5, 5.41) is 7.50. The third kappa shape index (κ3) is 6.14. The van der Waals surface area contributed by atoms with E-state index in [1.165, 1.54) is 22.4 Å². The number of hydrogen-bond donors (Lipinski definition) is 0. The minimum Gasteiger partial charge on any atom is -0.444 e. The molecule has 1 saturated heterocycles. The highest BCUT2D eigenvalue weighted by Gasteiger charge is 2.41. The first kappa shape index (κ1) is 33.7. The van der Waals surface area contributed by atoms with Gasteiger partial charge in [-0.1, -0.05) is 11.6 Å². The maximum atomic E-state index is 15.1. The maximum absolute atomic E-state index is 15.1. The number of piperazine rings is 1. The number of aromatic nitrogens is 5. The van der Waals surface area contributed by atoms with E-state index in [-0.39, 0.29) is 48.5 Å². The molecule has 0 spiro atoms. The lowest BCUT2D eigenvalue weighted by atomic mass is 10.0. The third-order valence-electron chi connectivity index (χ3n) is 8.65. The van der Waals surface area contributed by atoms with Crippen molar-refractivity contribution in [1.29, 1.82) is 0 Å². The number of thiophene rings is 1. The Kier molecular flexibility index (Phi) is 8.38. The van der Waals surface area contributed by atoms with Gasteiger partial charge in [0.05, 0.1) is 47.0 Å². The molecule has 258 valence electrons. The van der Waals surface area contributed by atoms with Crippen LogP contribution in [0.4, 0.5) is 23.8 Å². The minimum atomic E-state index is -4.74. The second-order valence-corrected chi connectivity index (χ2v) is 15.8. The highest BCUT2D eigenvalue weighted by molar-refractivity contribution is 7.99. The van der Waals surface area contributed by atoms with Gasteiger partial charge in [0.1, 0.15) is 11.4 Å². The van der Waals surface area contributed by atoms with Gasteiger partial charge >= 0.3 is 18.0 Å². The van der Waals surface area contributed by atoms with Crippen molar-refractivity contribution in [3.8, 4) is 10.4 Å². The monoisotopic (exact) mass is 731 g/mol. The van der Waals surface area contributed by atoms with E-state index >= 15 is 13.2 Å². The van der Waals surface area contributed by atoms with E-state index in [9.17, 15) is 9.59 Å². The number of pyridine rings is 1. The molecular weight excluding hydrogens is 699 g/mol. The molecule has 6 heterocycles. The first-order valence-electron chi connectivity index (χ1n) is 15.7. The van der Waals surface area contributed by atoms with Gasteiger partial charge in [0.2, 0.25) is 0 Å². The van der Waals surface area contributed by atoms with Crippen molar-refractivity contribution in [3.05, 3.63) is 63.1 Å². The van der Waals surface area contributed by atoms with Gasteiger partial charge in [-0.25, -0.2) is 19.3 Å². The second kappa shape index (κ2) is 12.2. The summed E-state index contributed by atoms with van der Waals surface area (Å²) < 4.78 is 54.2. The fourth-order valence-corrected chi connectivity index (χ4v) is 9.30. The molecule has 2 aliphatic heterocycles. The van der Waals surface area contributed by atoms with Crippen LogP contribution >= 0.6 is 34.7 Å². The van der Waals surface area contributed by atoms with Crippen molar-refractivity contribution in [1.82, 2.24) is 29.2 Å². The summed E-state index contributed by atoms with van der Waals surface area (Å²) in [5.41, 5.74) is -1.18. The summed E-state index contributed by atoms with van der Waals surface area (Å²) >= 11 is 8.63. The molecule has 4 aromatic heterocycles. The lowest BCUT2D eigenvalue weighted by Gasteiger charge is -2.45. The number of rotatable bonds is 3. The SMILES string of the molecule is C[C@@H]1CN(c2nc(=O)n3c4c(c(-c5cc(Cl)cs5)c(C(F)(F)F)cc24)SC[C@@H](n2ncc4cccnc42)C3)C[C@H](C)N1C(=O)OC(C)(C)C. The number of amides is 1. The number of nitrogens with zero attached hydrogens (tertiary/aromatic N) is 7. The van der Waals surface area contributed by atoms with Crippen LogP contribution in [0.1, 0.15) is 46.2 Å². The van der Waals surface area contributed by atoms with Gasteiger partial charge in [-0.3, -0.25) is 9.47 Å². The van der Waals surface area contributed by atoms with Crippen LogP contribution in [0.15, 0.2) is 51.7 Å². The zero-order chi connectivity index (χ0) is 35.0. The third-order valence-corrected chi connectivity index (χ3v) is 11.2. The van der Waals surface area contributed by atoms with E-state index < -0.39 is 35.2 Å². The van der Waals surface area contributed by atoms with Crippen LogP contribution in [0.25, 0.3) is 32.4 Å². The van der Waals surface area contributed by atoms with Crippen LogP contribution in [-0.4, -0.2) is 71.8 Å². The lowest BCUT2D eigenvalue weighted by molar-refractivity contribution is -0.137. The summed E-state index contributed by atoms with van der Waals surface area (Å²) in [5.74, 6) is 0.459. The number of hydrogen-bond acceptors (Lipinski definition) is 9. The summed E-state index contributed by atoms with van der Waals surface area (Å²) in [7, 11) is 0. The van der Waals surface area contributed by atoms with Crippen LogP contribution in [0.3, 0.4) is 0 Å². The average molecular weight is 732 g/mol. The van der Waals surface area contributed by atoms with Crippen molar-refractivity contribution in [2.75, 3.05) is 23.7 Å². The Labute approximate surface area is 292 Å². The number of fused-ring (bicyclic) bond motifs is 1. The summed E-state index contributed by atoms with van der Waals surface area (Å²) in [6.45, 7) is 9.63. The Hall–Kier alpha value is -3.82. The van der Waals surface area contributed by atoms with Crippen molar-refractivity contribution in [3.63, 3.8) is 0 Å². The molecule has 0 radical (unpaired) electrons. The van der Waals surface area contributed by atoms with Crippen molar-refractivity contribution in [2.24, 2.45) is 0 Å². The lowest BCUT2D eigenvalue weighted by Crippen LogP contribution is -2.59. The van der Waals surface area contributed by atoms with Gasteiger partial charge in [-0.15, -0.1) is 23.1 Å². The van der Waals surface area contributed by atoms with E-state index in [4.69, 9.17) is 16.3 Å². The smallest absolute Gasteiger partial charge is 0.417 e. The van der Waals surface area contributed by atoms with Crippen LogP contribution in [0.2, 0.25) is 5.02 Å². The molecule has 16 heteroatoms. The van der Waals surface area contributed by atoms with E-state index in [0.717, 1.165) is 22.8 Å². The number of thioether (sulfide) groups is 1. The van der Waals surface area contributed by atoms with E-state index in [0.29, 0.717) is 31.7 Å². The van der Waals surface area contributed by atoms with Gasteiger partial charge in [-0.05, 0) is 58.9 Å². The fourth-order valence-electron chi connectivity index (χ4n) is 6.77. The normalized spacial score (nSPS) is 20.2. The predicted molar refractivity (Wildman–Crippen MR) is 186 cm³/mol. The van der Waals surface area contributed by atoms with Gasteiger partial charge < -0.3 is 9.64 Å². The second-order valence-electron chi connectivity index (χ2n) is 13.4. The topological polar surface area (TPSA) is 98.4 Å². The molecule has 49 heavy (non-hydrogen) atoms. The highest BCUT2D eigenvalue weighted by atomic mass is 35.5. The molecule has 2 aliphatic rings. The average Bonchev–Trinajstić information content (AvgIpc) is 3.58.